The molecule has 5 unspecified atom stereocenters. The van der Waals surface area contributed by atoms with Gasteiger partial charge in [0.2, 0.25) is 0 Å². The van der Waals surface area contributed by atoms with Crippen molar-refractivity contribution in [3.05, 3.63) is 0 Å². The van der Waals surface area contributed by atoms with Crippen LogP contribution in [0.2, 0.25) is 0 Å². The summed E-state index contributed by atoms with van der Waals surface area (Å²) in [6.07, 6.45) is 12.0. The number of hydrogen-bond acceptors (Lipinski definition) is 2. The van der Waals surface area contributed by atoms with Crippen molar-refractivity contribution < 1.29 is 0 Å². The predicted octanol–water partition coefficient (Wildman–Crippen LogP) is 2.73. The first kappa shape index (κ1) is 11.7. The van der Waals surface area contributed by atoms with E-state index in [2.05, 4.69) is 23.9 Å². The van der Waals surface area contributed by atoms with E-state index >= 15 is 0 Å². The fourth-order valence-electron chi connectivity index (χ4n) is 5.84. The molecule has 18 heavy (non-hydrogen) atoms. The summed E-state index contributed by atoms with van der Waals surface area (Å²) in [6, 6.07) is 3.74. The van der Waals surface area contributed by atoms with Crippen molar-refractivity contribution in [2.24, 2.45) is 11.8 Å². The summed E-state index contributed by atoms with van der Waals surface area (Å²) in [5, 5.41) is 0. The van der Waals surface area contributed by atoms with Gasteiger partial charge < -0.3 is 9.80 Å². The molecule has 0 aliphatic carbocycles. The zero-order chi connectivity index (χ0) is 12.3. The van der Waals surface area contributed by atoms with E-state index in [0.717, 1.165) is 36.0 Å². The molecule has 2 nitrogen and oxygen atoms in total. The van der Waals surface area contributed by atoms with Crippen molar-refractivity contribution in [3.63, 3.8) is 0 Å². The minimum atomic E-state index is 0.929. The van der Waals surface area contributed by atoms with E-state index in [1.165, 1.54) is 51.4 Å². The fraction of sp³-hybridized carbons (Fsp3) is 1.00. The molecule has 0 aromatic rings. The average molecular weight is 248 g/mol. The van der Waals surface area contributed by atoms with E-state index in [-0.39, 0.29) is 0 Å². The van der Waals surface area contributed by atoms with Crippen molar-refractivity contribution >= 4 is 0 Å². The number of fused-ring (bicyclic) bond motifs is 4. The van der Waals surface area contributed by atoms with Gasteiger partial charge >= 0.3 is 0 Å². The van der Waals surface area contributed by atoms with Crippen LogP contribution in [0.15, 0.2) is 0 Å². The molecule has 0 saturated carbocycles. The Morgan fingerprint density at radius 2 is 1.28 bits per heavy atom. The molecule has 0 aromatic heterocycles. The third-order valence-corrected chi connectivity index (χ3v) is 6.96. The largest absolute Gasteiger partial charge is 0.300 e. The van der Waals surface area contributed by atoms with Gasteiger partial charge in [0, 0.05) is 24.2 Å². The van der Waals surface area contributed by atoms with Gasteiger partial charge in [0.1, 0.15) is 0 Å². The van der Waals surface area contributed by atoms with Crippen molar-refractivity contribution in [3.8, 4) is 0 Å². The standard InChI is InChI=1S/C16H28N2/c1-17-13-3-4-14(17)10-11(9-13)15-7-5-12-6-8-16(15)18(12)2/h11-16H,3-10H2,1-2H3. The molecular formula is C16H28N2. The summed E-state index contributed by atoms with van der Waals surface area (Å²) >= 11 is 0. The highest BCUT2D eigenvalue weighted by Gasteiger charge is 2.47. The van der Waals surface area contributed by atoms with Crippen molar-refractivity contribution in [2.45, 2.75) is 75.5 Å². The van der Waals surface area contributed by atoms with Gasteiger partial charge in [-0.3, -0.25) is 0 Å². The average Bonchev–Trinajstić information content (AvgIpc) is 2.77. The van der Waals surface area contributed by atoms with Crippen LogP contribution in [-0.4, -0.2) is 48.1 Å². The van der Waals surface area contributed by atoms with E-state index in [4.69, 9.17) is 0 Å². The molecule has 4 aliphatic heterocycles. The molecule has 4 rings (SSSR count). The van der Waals surface area contributed by atoms with Crippen LogP contribution in [0.25, 0.3) is 0 Å². The van der Waals surface area contributed by atoms with Crippen molar-refractivity contribution in [1.29, 1.82) is 0 Å². The van der Waals surface area contributed by atoms with E-state index in [0.29, 0.717) is 0 Å². The summed E-state index contributed by atoms with van der Waals surface area (Å²) < 4.78 is 0. The Balaban J connectivity index is 1.51. The molecule has 4 heterocycles. The smallest absolute Gasteiger partial charge is 0.0127 e. The lowest BCUT2D eigenvalue weighted by atomic mass is 9.74. The minimum Gasteiger partial charge on any atom is -0.300 e. The first-order chi connectivity index (χ1) is 8.74. The number of hydrogen-bond donors (Lipinski definition) is 0. The van der Waals surface area contributed by atoms with Crippen LogP contribution < -0.4 is 0 Å². The summed E-state index contributed by atoms with van der Waals surface area (Å²) in [5.74, 6) is 2.08. The molecule has 4 fully saturated rings. The van der Waals surface area contributed by atoms with Crippen LogP contribution in [0, 0.1) is 11.8 Å². The molecule has 0 N–H and O–H groups in total. The topological polar surface area (TPSA) is 6.48 Å². The second-order valence-corrected chi connectivity index (χ2v) is 7.49. The molecule has 4 aliphatic rings. The lowest BCUT2D eigenvalue weighted by Crippen LogP contribution is -2.49. The highest BCUT2D eigenvalue weighted by molar-refractivity contribution is 5.01. The highest BCUT2D eigenvalue weighted by Crippen LogP contribution is 2.48. The van der Waals surface area contributed by atoms with Gasteiger partial charge in [-0.15, -0.1) is 0 Å². The van der Waals surface area contributed by atoms with Crippen molar-refractivity contribution in [1.82, 2.24) is 9.80 Å². The van der Waals surface area contributed by atoms with Crippen molar-refractivity contribution in [2.75, 3.05) is 14.1 Å². The Hall–Kier alpha value is -0.0800. The summed E-state index contributed by atoms with van der Waals surface area (Å²) in [6.45, 7) is 0. The number of rotatable bonds is 1. The van der Waals surface area contributed by atoms with Crippen LogP contribution in [0.1, 0.15) is 51.4 Å². The van der Waals surface area contributed by atoms with Crippen LogP contribution >= 0.6 is 0 Å². The first-order valence-electron chi connectivity index (χ1n) is 8.18. The molecule has 0 aromatic carbocycles. The van der Waals surface area contributed by atoms with Crippen LogP contribution in [0.4, 0.5) is 0 Å². The lowest BCUT2D eigenvalue weighted by molar-refractivity contribution is 0.0336. The first-order valence-corrected chi connectivity index (χ1v) is 8.18. The third kappa shape index (κ3) is 1.61. The molecular weight excluding hydrogens is 220 g/mol. The Kier molecular flexibility index (Phi) is 2.74. The third-order valence-electron chi connectivity index (χ3n) is 6.96. The molecule has 0 spiro atoms. The summed E-state index contributed by atoms with van der Waals surface area (Å²) in [7, 11) is 4.77. The SMILES string of the molecule is CN1C2CCC1CC(C1CCC3CCC1N3C)C2. The van der Waals surface area contributed by atoms with Gasteiger partial charge in [-0.1, -0.05) is 0 Å². The second-order valence-electron chi connectivity index (χ2n) is 7.49. The molecule has 0 amide bonds. The van der Waals surface area contributed by atoms with Gasteiger partial charge in [-0.2, -0.15) is 0 Å². The maximum atomic E-state index is 2.74. The highest BCUT2D eigenvalue weighted by atomic mass is 15.2. The lowest BCUT2D eigenvalue weighted by Gasteiger charge is -2.46. The molecule has 4 bridgehead atoms. The summed E-state index contributed by atoms with van der Waals surface area (Å²) in [4.78, 5) is 5.44. The Morgan fingerprint density at radius 3 is 2.00 bits per heavy atom. The maximum Gasteiger partial charge on any atom is 0.0127 e. The van der Waals surface area contributed by atoms with E-state index in [1.54, 1.807) is 0 Å². The fourth-order valence-corrected chi connectivity index (χ4v) is 5.84. The molecule has 0 radical (unpaired) electrons. The quantitative estimate of drug-likeness (QED) is 0.704. The van der Waals surface area contributed by atoms with Crippen LogP contribution in [0.3, 0.4) is 0 Å². The molecule has 4 saturated heterocycles. The van der Waals surface area contributed by atoms with Gasteiger partial charge in [0.25, 0.3) is 0 Å². The molecule has 2 heteroatoms. The van der Waals surface area contributed by atoms with Gasteiger partial charge in [0.05, 0.1) is 0 Å². The zero-order valence-corrected chi connectivity index (χ0v) is 12.0. The molecule has 5 atom stereocenters. The molecule has 102 valence electrons. The minimum absolute atomic E-state index is 0.929. The Morgan fingerprint density at radius 1 is 0.667 bits per heavy atom. The Bertz CT molecular complexity index is 315. The van der Waals surface area contributed by atoms with E-state index in [1.807, 2.05) is 0 Å². The predicted molar refractivity (Wildman–Crippen MR) is 74.6 cm³/mol. The van der Waals surface area contributed by atoms with Gasteiger partial charge in [-0.25, -0.2) is 0 Å². The second kappa shape index (κ2) is 4.21. The monoisotopic (exact) mass is 248 g/mol. The van der Waals surface area contributed by atoms with Gasteiger partial charge in [-0.05, 0) is 77.3 Å². The number of nitrogens with zero attached hydrogens (tertiary/aromatic N) is 2. The van der Waals surface area contributed by atoms with Crippen LogP contribution in [0.5, 0.6) is 0 Å². The van der Waals surface area contributed by atoms with Crippen LogP contribution in [-0.2, 0) is 0 Å². The number of piperidine rings is 2. The normalized spacial score (nSPS) is 53.0. The zero-order valence-electron chi connectivity index (χ0n) is 12.0. The maximum absolute atomic E-state index is 2.74. The summed E-state index contributed by atoms with van der Waals surface area (Å²) in [5.41, 5.74) is 0. The van der Waals surface area contributed by atoms with Gasteiger partial charge in [0.15, 0.2) is 0 Å². The van der Waals surface area contributed by atoms with E-state index < -0.39 is 0 Å². The van der Waals surface area contributed by atoms with E-state index in [9.17, 15) is 0 Å². The Labute approximate surface area is 112 Å².